The quantitative estimate of drug-likeness (QED) is 0.419. The van der Waals surface area contributed by atoms with Crippen LogP contribution in [0.15, 0.2) is 54.6 Å². The molecule has 2 amide bonds. The average Bonchev–Trinajstić information content (AvgIpc) is 3.45. The number of ether oxygens (including phenoxy) is 2. The fourth-order valence-corrected chi connectivity index (χ4v) is 8.51. The van der Waals surface area contributed by atoms with Gasteiger partial charge in [0.1, 0.15) is 6.61 Å². The van der Waals surface area contributed by atoms with E-state index in [0.717, 1.165) is 29.7 Å². The van der Waals surface area contributed by atoms with Gasteiger partial charge >= 0.3 is 6.09 Å². The number of hydrogen-bond acceptors (Lipinski definition) is 6. The summed E-state index contributed by atoms with van der Waals surface area (Å²) in [6.45, 7) is 7.54. The number of nitrogens with zero attached hydrogens (tertiary/aromatic N) is 2. The summed E-state index contributed by atoms with van der Waals surface area (Å²) in [6, 6.07) is 17.7. The second-order valence-corrected chi connectivity index (χ2v) is 14.9. The first-order valence-corrected chi connectivity index (χ1v) is 16.5. The third kappa shape index (κ3) is 6.82. The molecule has 0 bridgehead atoms. The van der Waals surface area contributed by atoms with Gasteiger partial charge in [-0.25, -0.2) is 4.79 Å². The number of carbonyl (C=O) groups is 2. The number of aryl methyl sites for hydroxylation is 1. The lowest BCUT2D eigenvalue weighted by Gasteiger charge is -2.31. The fraction of sp³-hybridized carbons (Fsp3) is 0.517. The highest BCUT2D eigenvalue weighted by molar-refractivity contribution is 6.71. The van der Waals surface area contributed by atoms with E-state index in [1.807, 2.05) is 67.7 Å². The monoisotopic (exact) mass is 540 g/mol. The number of cyclic esters (lactones) is 1. The van der Waals surface area contributed by atoms with E-state index in [2.05, 4.69) is 6.92 Å². The minimum absolute atomic E-state index is 0.0623. The van der Waals surface area contributed by atoms with Crippen molar-refractivity contribution in [1.29, 1.82) is 0 Å². The Morgan fingerprint density at radius 2 is 1.79 bits per heavy atom. The second-order valence-electron chi connectivity index (χ2n) is 11.0. The molecule has 0 unspecified atom stereocenters. The molecular formula is C29H40N2O6Si. The molecule has 0 aromatic heterocycles. The molecule has 2 saturated heterocycles. The Morgan fingerprint density at radius 1 is 1.08 bits per heavy atom. The number of rotatable bonds is 11. The first kappa shape index (κ1) is 28.3. The highest BCUT2D eigenvalue weighted by atomic mass is 28.4. The van der Waals surface area contributed by atoms with Crippen molar-refractivity contribution in [2.45, 2.75) is 63.6 Å². The molecule has 8 nitrogen and oxygen atoms in total. The molecule has 9 heteroatoms. The van der Waals surface area contributed by atoms with Crippen LogP contribution in [0.3, 0.4) is 0 Å². The zero-order chi connectivity index (χ0) is 27.3. The number of carbonyl (C=O) groups excluding carboxylic acids is 2. The maximum Gasteiger partial charge on any atom is 0.414 e. The maximum absolute atomic E-state index is 13.4. The predicted octanol–water partition coefficient (Wildman–Crippen LogP) is 3.96. The molecule has 2 N–H and O–H groups in total. The number of benzene rings is 2. The van der Waals surface area contributed by atoms with E-state index in [1.54, 1.807) is 9.80 Å². The van der Waals surface area contributed by atoms with Crippen molar-refractivity contribution >= 4 is 26.0 Å². The van der Waals surface area contributed by atoms with Gasteiger partial charge in [-0.15, -0.1) is 0 Å². The smallest absolute Gasteiger partial charge is 0.414 e. The van der Waals surface area contributed by atoms with Gasteiger partial charge in [-0.05, 0) is 55.1 Å². The Bertz CT molecular complexity index is 1070. The van der Waals surface area contributed by atoms with Crippen LogP contribution in [0.5, 0.6) is 0 Å². The van der Waals surface area contributed by atoms with E-state index in [-0.39, 0.29) is 55.2 Å². The number of aliphatic hydroxyl groups is 1. The highest BCUT2D eigenvalue weighted by Crippen LogP contribution is 2.45. The van der Waals surface area contributed by atoms with Crippen molar-refractivity contribution in [1.82, 2.24) is 4.90 Å². The minimum atomic E-state index is -2.62. The summed E-state index contributed by atoms with van der Waals surface area (Å²) >= 11 is 0. The van der Waals surface area contributed by atoms with Gasteiger partial charge in [0, 0.05) is 24.3 Å². The molecule has 2 aliphatic rings. The molecular weight excluding hydrogens is 500 g/mol. The summed E-state index contributed by atoms with van der Waals surface area (Å²) in [5.41, 5.74) is 2.92. The van der Waals surface area contributed by atoms with Crippen LogP contribution < -0.4 is 4.90 Å². The third-order valence-electron chi connectivity index (χ3n) is 7.76. The van der Waals surface area contributed by atoms with Gasteiger partial charge in [0.2, 0.25) is 5.91 Å². The van der Waals surface area contributed by atoms with Gasteiger partial charge in [0.15, 0.2) is 8.32 Å². The first-order valence-electron chi connectivity index (χ1n) is 13.5. The van der Waals surface area contributed by atoms with Crippen molar-refractivity contribution < 1.29 is 29.0 Å². The van der Waals surface area contributed by atoms with Gasteiger partial charge < -0.3 is 24.3 Å². The average molecular weight is 541 g/mol. The number of anilines is 1. The van der Waals surface area contributed by atoms with Crippen LogP contribution in [0.4, 0.5) is 10.5 Å². The molecule has 0 saturated carbocycles. The fourth-order valence-electron chi connectivity index (χ4n) is 5.90. The Morgan fingerprint density at radius 3 is 2.39 bits per heavy atom. The standard InChI is InChI=1S/C29H40N2O6Si/c1-21-25(14-11-22-9-12-24(13-10-22)31-16-18-36-29(31)34)37-26(28(21)38(2,3)35)19-27(33)30(15-17-32)20-23-7-5-4-6-8-23/h4-10,12-13,21,25-26,28,32,35H,11,14-20H2,1-3H3/t21-,25+,26-,28+/m1/s1. The van der Waals surface area contributed by atoms with Crippen LogP contribution in [0.1, 0.15) is 30.9 Å². The maximum atomic E-state index is 13.4. The third-order valence-corrected chi connectivity index (χ3v) is 10.3. The molecule has 2 aliphatic heterocycles. The van der Waals surface area contributed by atoms with Crippen molar-refractivity contribution in [3.05, 3.63) is 65.7 Å². The van der Waals surface area contributed by atoms with Crippen LogP contribution in [0, 0.1) is 5.92 Å². The molecule has 2 heterocycles. The van der Waals surface area contributed by atoms with Crippen LogP contribution in [0.2, 0.25) is 18.6 Å². The molecule has 2 fully saturated rings. The lowest BCUT2D eigenvalue weighted by atomic mass is 9.95. The molecule has 38 heavy (non-hydrogen) atoms. The van der Waals surface area contributed by atoms with Gasteiger partial charge in [0.25, 0.3) is 0 Å². The zero-order valence-electron chi connectivity index (χ0n) is 22.6. The van der Waals surface area contributed by atoms with E-state index < -0.39 is 8.32 Å². The molecule has 0 aliphatic carbocycles. The molecule has 0 spiro atoms. The van der Waals surface area contributed by atoms with Crippen LogP contribution >= 0.6 is 0 Å². The summed E-state index contributed by atoms with van der Waals surface area (Å²) < 4.78 is 11.5. The Hall–Kier alpha value is -2.72. The van der Waals surface area contributed by atoms with Gasteiger partial charge in [-0.2, -0.15) is 0 Å². The number of amides is 2. The van der Waals surface area contributed by atoms with Crippen molar-refractivity contribution in [3.63, 3.8) is 0 Å². The Balaban J connectivity index is 1.39. The second kappa shape index (κ2) is 12.4. The molecule has 0 radical (unpaired) electrons. The summed E-state index contributed by atoms with van der Waals surface area (Å²) in [7, 11) is -2.62. The van der Waals surface area contributed by atoms with Crippen LogP contribution in [-0.2, 0) is 27.2 Å². The number of hydrogen-bond donors (Lipinski definition) is 2. The van der Waals surface area contributed by atoms with E-state index in [4.69, 9.17) is 9.47 Å². The van der Waals surface area contributed by atoms with Crippen LogP contribution in [0.25, 0.3) is 0 Å². The van der Waals surface area contributed by atoms with E-state index in [9.17, 15) is 19.5 Å². The lowest BCUT2D eigenvalue weighted by Crippen LogP contribution is -2.42. The van der Waals surface area contributed by atoms with E-state index in [1.165, 1.54) is 0 Å². The van der Waals surface area contributed by atoms with Crippen molar-refractivity contribution in [2.24, 2.45) is 5.92 Å². The summed E-state index contributed by atoms with van der Waals surface area (Å²) in [5, 5.41) is 9.58. The van der Waals surface area contributed by atoms with Crippen molar-refractivity contribution in [2.75, 3.05) is 31.2 Å². The lowest BCUT2D eigenvalue weighted by molar-refractivity contribution is -0.135. The van der Waals surface area contributed by atoms with E-state index >= 15 is 0 Å². The van der Waals surface area contributed by atoms with Crippen LogP contribution in [-0.4, -0.2) is 73.6 Å². The summed E-state index contributed by atoms with van der Waals surface area (Å²) in [4.78, 5) is 39.6. The predicted molar refractivity (Wildman–Crippen MR) is 148 cm³/mol. The minimum Gasteiger partial charge on any atom is -0.447 e. The molecule has 4 atom stereocenters. The van der Waals surface area contributed by atoms with Gasteiger partial charge in [0.05, 0.1) is 31.8 Å². The number of aliphatic hydroxyl groups excluding tert-OH is 1. The Labute approximate surface area is 226 Å². The Kier molecular flexibility index (Phi) is 9.25. The SMILES string of the molecule is C[C@H]1[C@H]([Si](C)(C)O)[C@@H](CC(=O)N(CCO)Cc2ccccc2)O[C@H]1CCc1ccc(N2CCOC2=O)cc1. The molecule has 2 aromatic carbocycles. The first-order chi connectivity index (χ1) is 18.2. The topological polar surface area (TPSA) is 99.5 Å². The largest absolute Gasteiger partial charge is 0.447 e. The normalized spacial score (nSPS) is 23.5. The molecule has 4 rings (SSSR count). The summed E-state index contributed by atoms with van der Waals surface area (Å²) in [6.07, 6.45) is 1.04. The zero-order valence-corrected chi connectivity index (χ0v) is 23.6. The molecule has 2 aromatic rings. The van der Waals surface area contributed by atoms with Gasteiger partial charge in [-0.3, -0.25) is 9.69 Å². The van der Waals surface area contributed by atoms with Gasteiger partial charge in [-0.1, -0.05) is 49.4 Å². The van der Waals surface area contributed by atoms with Crippen molar-refractivity contribution in [3.8, 4) is 0 Å². The highest BCUT2D eigenvalue weighted by Gasteiger charge is 2.50. The molecule has 206 valence electrons. The van der Waals surface area contributed by atoms with E-state index in [0.29, 0.717) is 19.7 Å². The summed E-state index contributed by atoms with van der Waals surface area (Å²) in [5.74, 6) is 0.0542.